The highest BCUT2D eigenvalue weighted by atomic mass is 32.1. The van der Waals surface area contributed by atoms with Crippen LogP contribution in [0.3, 0.4) is 0 Å². The van der Waals surface area contributed by atoms with Gasteiger partial charge in [-0.3, -0.25) is 9.59 Å². The number of carbonyl (C=O) groups is 2. The van der Waals surface area contributed by atoms with Crippen LogP contribution in [-0.2, 0) is 16.0 Å². The van der Waals surface area contributed by atoms with E-state index in [2.05, 4.69) is 13.8 Å². The molecule has 116 valence electrons. The van der Waals surface area contributed by atoms with Crippen LogP contribution in [0.4, 0.5) is 0 Å². The number of piperidine rings is 1. The Bertz CT molecular complexity index is 524. The lowest BCUT2D eigenvalue weighted by atomic mass is 9.99. The van der Waals surface area contributed by atoms with Crippen LogP contribution in [0, 0.1) is 6.92 Å². The molecule has 21 heavy (non-hydrogen) atoms. The Hall–Kier alpha value is -1.36. The molecule has 1 atom stereocenters. The molecule has 0 aromatic carbocycles. The van der Waals surface area contributed by atoms with E-state index in [4.69, 9.17) is 4.74 Å². The summed E-state index contributed by atoms with van der Waals surface area (Å²) >= 11 is 1.56. The van der Waals surface area contributed by atoms with Crippen molar-refractivity contribution in [1.82, 2.24) is 4.90 Å². The number of aryl methyl sites for hydroxylation is 2. The second-order valence-corrected chi connectivity index (χ2v) is 6.73. The molecule has 0 radical (unpaired) electrons. The molecule has 1 aromatic heterocycles. The number of esters is 1. The zero-order valence-electron chi connectivity index (χ0n) is 13.0. The van der Waals surface area contributed by atoms with Gasteiger partial charge in [0.25, 0.3) is 5.91 Å². The van der Waals surface area contributed by atoms with Crippen LogP contribution in [-0.4, -0.2) is 36.5 Å². The van der Waals surface area contributed by atoms with Crippen molar-refractivity contribution < 1.29 is 14.3 Å². The van der Waals surface area contributed by atoms with E-state index >= 15 is 0 Å². The molecular weight excluding hydrogens is 286 g/mol. The van der Waals surface area contributed by atoms with Crippen LogP contribution in [0.5, 0.6) is 0 Å². The second kappa shape index (κ2) is 7.07. The first-order valence-electron chi connectivity index (χ1n) is 7.53. The first-order chi connectivity index (χ1) is 10.1. The predicted octanol–water partition coefficient (Wildman–Crippen LogP) is 3.18. The van der Waals surface area contributed by atoms with Crippen molar-refractivity contribution in [3.63, 3.8) is 0 Å². The van der Waals surface area contributed by atoms with Gasteiger partial charge in [-0.25, -0.2) is 0 Å². The van der Waals surface area contributed by atoms with Gasteiger partial charge in [0.2, 0.25) is 0 Å². The highest BCUT2D eigenvalue weighted by Gasteiger charge is 2.30. The molecule has 0 saturated carbocycles. The number of amides is 1. The second-order valence-electron chi connectivity index (χ2n) is 5.47. The van der Waals surface area contributed by atoms with Gasteiger partial charge in [0, 0.05) is 17.5 Å². The highest BCUT2D eigenvalue weighted by molar-refractivity contribution is 7.14. The van der Waals surface area contributed by atoms with Crippen molar-refractivity contribution >= 4 is 23.2 Å². The van der Waals surface area contributed by atoms with Crippen molar-refractivity contribution in [2.45, 2.75) is 52.0 Å². The largest absolute Gasteiger partial charge is 0.469 e. The lowest BCUT2D eigenvalue weighted by Crippen LogP contribution is -2.44. The summed E-state index contributed by atoms with van der Waals surface area (Å²) in [6.45, 7) is 4.89. The zero-order valence-corrected chi connectivity index (χ0v) is 13.8. The van der Waals surface area contributed by atoms with Gasteiger partial charge in [-0.1, -0.05) is 6.92 Å². The summed E-state index contributed by atoms with van der Waals surface area (Å²) in [6, 6.07) is 1.98. The molecule has 1 aromatic rings. The molecule has 1 aliphatic heterocycles. The molecule has 5 heteroatoms. The average molecular weight is 309 g/mol. The van der Waals surface area contributed by atoms with E-state index in [0.29, 0.717) is 6.42 Å². The number of hydrogen-bond acceptors (Lipinski definition) is 4. The molecule has 1 amide bonds. The number of methoxy groups -OCH3 is 1. The predicted molar refractivity (Wildman–Crippen MR) is 83.7 cm³/mol. The van der Waals surface area contributed by atoms with Crippen molar-refractivity contribution in [2.24, 2.45) is 0 Å². The van der Waals surface area contributed by atoms with E-state index in [1.807, 2.05) is 11.0 Å². The number of thiophene rings is 1. The first-order valence-corrected chi connectivity index (χ1v) is 8.35. The van der Waals surface area contributed by atoms with E-state index in [0.717, 1.165) is 37.1 Å². The van der Waals surface area contributed by atoms with Crippen molar-refractivity contribution in [3.8, 4) is 0 Å². The minimum absolute atomic E-state index is 0.0221. The van der Waals surface area contributed by atoms with Gasteiger partial charge < -0.3 is 9.64 Å². The summed E-state index contributed by atoms with van der Waals surface area (Å²) in [5.74, 6) is -0.173. The number of carbonyl (C=O) groups excluding carboxylic acids is 2. The van der Waals surface area contributed by atoms with Gasteiger partial charge in [0.15, 0.2) is 0 Å². The molecule has 2 rings (SSSR count). The molecule has 1 unspecified atom stereocenters. The molecule has 4 nitrogen and oxygen atoms in total. The summed E-state index contributed by atoms with van der Waals surface area (Å²) < 4.78 is 4.75. The summed E-state index contributed by atoms with van der Waals surface area (Å²) in [6.07, 6.45) is 4.20. The standard InChI is InChI=1S/C16H23NO3S/c1-4-12-9-14(21-11(12)2)16(19)17-8-6-5-7-13(17)10-15(18)20-3/h9,13H,4-8,10H2,1-3H3. The molecular formula is C16H23NO3S. The van der Waals surface area contributed by atoms with Crippen molar-refractivity contribution in [2.75, 3.05) is 13.7 Å². The molecule has 0 aliphatic carbocycles. The number of ether oxygens (including phenoxy) is 1. The highest BCUT2D eigenvalue weighted by Crippen LogP contribution is 2.27. The van der Waals surface area contributed by atoms with Gasteiger partial charge in [0.1, 0.15) is 0 Å². The van der Waals surface area contributed by atoms with Gasteiger partial charge in [-0.15, -0.1) is 11.3 Å². The number of likely N-dealkylation sites (tertiary alicyclic amines) is 1. The fourth-order valence-corrected chi connectivity index (χ4v) is 3.94. The minimum Gasteiger partial charge on any atom is -0.469 e. The van der Waals surface area contributed by atoms with Crippen LogP contribution in [0.15, 0.2) is 6.07 Å². The SMILES string of the molecule is CCc1cc(C(=O)N2CCCCC2CC(=O)OC)sc1C. The van der Waals surface area contributed by atoms with E-state index < -0.39 is 0 Å². The maximum atomic E-state index is 12.7. The molecule has 0 bridgehead atoms. The van der Waals surface area contributed by atoms with Crippen LogP contribution in [0.1, 0.15) is 52.7 Å². The molecule has 1 aliphatic rings. The third-order valence-electron chi connectivity index (χ3n) is 4.13. The Kier molecular flexibility index (Phi) is 5.39. The third kappa shape index (κ3) is 3.64. The lowest BCUT2D eigenvalue weighted by molar-refractivity contribution is -0.142. The van der Waals surface area contributed by atoms with Crippen molar-refractivity contribution in [1.29, 1.82) is 0 Å². The third-order valence-corrected chi connectivity index (χ3v) is 5.21. The maximum absolute atomic E-state index is 12.7. The monoisotopic (exact) mass is 309 g/mol. The molecule has 1 saturated heterocycles. The van der Waals surface area contributed by atoms with Crippen LogP contribution >= 0.6 is 11.3 Å². The average Bonchev–Trinajstić information content (AvgIpc) is 2.88. The number of nitrogens with zero attached hydrogens (tertiary/aromatic N) is 1. The Morgan fingerprint density at radius 3 is 2.81 bits per heavy atom. The lowest BCUT2D eigenvalue weighted by Gasteiger charge is -2.35. The van der Waals surface area contributed by atoms with Gasteiger partial charge >= 0.3 is 5.97 Å². The van der Waals surface area contributed by atoms with Crippen LogP contribution in [0.2, 0.25) is 0 Å². The molecule has 1 fully saturated rings. The zero-order chi connectivity index (χ0) is 15.4. The van der Waals surface area contributed by atoms with Gasteiger partial charge in [-0.2, -0.15) is 0 Å². The van der Waals surface area contributed by atoms with Gasteiger partial charge in [-0.05, 0) is 44.2 Å². The maximum Gasteiger partial charge on any atom is 0.307 e. The first kappa shape index (κ1) is 16.0. The Morgan fingerprint density at radius 1 is 1.43 bits per heavy atom. The van der Waals surface area contributed by atoms with Crippen molar-refractivity contribution in [3.05, 3.63) is 21.4 Å². The Labute approximate surface area is 130 Å². The topological polar surface area (TPSA) is 46.6 Å². The summed E-state index contributed by atoms with van der Waals surface area (Å²) in [5, 5.41) is 0. The smallest absolute Gasteiger partial charge is 0.307 e. The van der Waals surface area contributed by atoms with E-state index in [-0.39, 0.29) is 17.9 Å². The number of rotatable bonds is 4. The minimum atomic E-state index is -0.240. The van der Waals surface area contributed by atoms with Gasteiger partial charge in [0.05, 0.1) is 18.4 Å². The summed E-state index contributed by atoms with van der Waals surface area (Å²) in [4.78, 5) is 28.1. The fourth-order valence-electron chi connectivity index (χ4n) is 2.87. The molecule has 0 N–H and O–H groups in total. The Morgan fingerprint density at radius 2 is 2.19 bits per heavy atom. The number of hydrogen-bond donors (Lipinski definition) is 0. The summed E-state index contributed by atoms with van der Waals surface area (Å²) in [7, 11) is 1.40. The van der Waals surface area contributed by atoms with E-state index in [9.17, 15) is 9.59 Å². The quantitative estimate of drug-likeness (QED) is 0.803. The Balaban J connectivity index is 2.15. The molecule has 2 heterocycles. The van der Waals surface area contributed by atoms with E-state index in [1.54, 1.807) is 11.3 Å². The molecule has 0 spiro atoms. The van der Waals surface area contributed by atoms with Crippen LogP contribution in [0.25, 0.3) is 0 Å². The van der Waals surface area contributed by atoms with Crippen LogP contribution < -0.4 is 0 Å². The summed E-state index contributed by atoms with van der Waals surface area (Å²) in [5.41, 5.74) is 1.24. The normalized spacial score (nSPS) is 18.6. The van der Waals surface area contributed by atoms with E-state index in [1.165, 1.54) is 17.6 Å². The fraction of sp³-hybridized carbons (Fsp3) is 0.625.